The van der Waals surface area contributed by atoms with E-state index >= 15 is 0 Å². The number of aliphatic hydroxyl groups is 1. The van der Waals surface area contributed by atoms with Crippen LogP contribution in [0.1, 0.15) is 33.3 Å². The van der Waals surface area contributed by atoms with Gasteiger partial charge in [-0.25, -0.2) is 0 Å². The zero-order chi connectivity index (χ0) is 35.3. The van der Waals surface area contributed by atoms with Gasteiger partial charge in [0, 0.05) is 21.9 Å². The minimum absolute atomic E-state index is 0.289. The third-order valence-electron chi connectivity index (χ3n) is 9.92. The largest absolute Gasteiger partial charge is 0.369 e. The fraction of sp³-hybridized carbons (Fsp3) is 0.0217. The van der Waals surface area contributed by atoms with Gasteiger partial charge in [0.25, 0.3) is 5.91 Å². The van der Waals surface area contributed by atoms with E-state index in [4.69, 9.17) is 0 Å². The molecule has 1 atom stereocenters. The Morgan fingerprint density at radius 2 is 1.15 bits per heavy atom. The molecule has 8 aromatic rings. The van der Waals surface area contributed by atoms with Crippen LogP contribution in [0.2, 0.25) is 0 Å². The van der Waals surface area contributed by atoms with Crippen LogP contribution in [-0.2, 0) is 0 Å². The number of para-hydroxylation sites is 1. The van der Waals surface area contributed by atoms with Gasteiger partial charge in [-0.1, -0.05) is 103 Å². The smallest absolute Gasteiger partial charge is 0.263 e. The maximum absolute atomic E-state index is 14.8. The molecule has 0 spiro atoms. The van der Waals surface area contributed by atoms with Crippen LogP contribution < -0.4 is 4.90 Å². The van der Waals surface area contributed by atoms with Gasteiger partial charge in [-0.3, -0.25) is 9.69 Å². The second kappa shape index (κ2) is 12.3. The SMILES string of the molecule is N#Cc1cc(C#N)cc(-c2ccc3c(c2)c2ccccc2n3-c2cccc3c2C(=O)N(c2ccc(-c4ccccc4)cc2-c2ccccc2)C3O)c1. The van der Waals surface area contributed by atoms with Gasteiger partial charge in [-0.05, 0) is 82.4 Å². The Balaban J connectivity index is 1.21. The van der Waals surface area contributed by atoms with Crippen LogP contribution in [0.5, 0.6) is 0 Å². The van der Waals surface area contributed by atoms with Gasteiger partial charge in [0.15, 0.2) is 6.23 Å². The lowest BCUT2D eigenvalue weighted by Crippen LogP contribution is -2.28. The number of anilines is 1. The zero-order valence-electron chi connectivity index (χ0n) is 27.7. The predicted molar refractivity (Wildman–Crippen MR) is 205 cm³/mol. The summed E-state index contributed by atoms with van der Waals surface area (Å²) in [5.74, 6) is -0.289. The van der Waals surface area contributed by atoms with E-state index in [1.807, 2.05) is 109 Å². The molecule has 244 valence electrons. The lowest BCUT2D eigenvalue weighted by Gasteiger charge is -2.25. The third-order valence-corrected chi connectivity index (χ3v) is 9.92. The number of fused-ring (bicyclic) bond motifs is 4. The Bertz CT molecular complexity index is 2780. The van der Waals surface area contributed by atoms with Crippen molar-refractivity contribution < 1.29 is 9.90 Å². The molecule has 0 radical (unpaired) electrons. The zero-order valence-corrected chi connectivity index (χ0v) is 27.7. The molecule has 1 unspecified atom stereocenters. The van der Waals surface area contributed by atoms with Crippen LogP contribution in [0.3, 0.4) is 0 Å². The van der Waals surface area contributed by atoms with E-state index in [1.165, 1.54) is 4.90 Å². The monoisotopic (exact) mass is 668 g/mol. The average molecular weight is 669 g/mol. The molecule has 6 heteroatoms. The van der Waals surface area contributed by atoms with Crippen molar-refractivity contribution in [2.75, 3.05) is 4.90 Å². The van der Waals surface area contributed by atoms with Crippen molar-refractivity contribution in [2.45, 2.75) is 6.23 Å². The number of carbonyl (C=O) groups excluding carboxylic acids is 1. The van der Waals surface area contributed by atoms with E-state index in [2.05, 4.69) is 47.0 Å². The summed E-state index contributed by atoms with van der Waals surface area (Å²) in [6.07, 6.45) is -1.20. The quantitative estimate of drug-likeness (QED) is 0.198. The van der Waals surface area contributed by atoms with Gasteiger partial charge < -0.3 is 9.67 Å². The van der Waals surface area contributed by atoms with Crippen LogP contribution in [0.25, 0.3) is 60.9 Å². The first-order valence-corrected chi connectivity index (χ1v) is 16.9. The normalized spacial score (nSPS) is 13.6. The maximum atomic E-state index is 14.8. The minimum atomic E-state index is -1.20. The number of amides is 1. The summed E-state index contributed by atoms with van der Waals surface area (Å²) in [7, 11) is 0. The van der Waals surface area contributed by atoms with E-state index in [0.717, 1.165) is 55.2 Å². The number of hydrogen-bond donors (Lipinski definition) is 1. The van der Waals surface area contributed by atoms with Crippen molar-refractivity contribution >= 4 is 33.4 Å². The molecule has 52 heavy (non-hydrogen) atoms. The molecule has 2 heterocycles. The summed E-state index contributed by atoms with van der Waals surface area (Å²) < 4.78 is 2.09. The van der Waals surface area contributed by atoms with Crippen LogP contribution in [0.4, 0.5) is 5.69 Å². The highest BCUT2D eigenvalue weighted by molar-refractivity contribution is 6.17. The number of rotatable bonds is 5. The first-order chi connectivity index (χ1) is 25.5. The molecular weight excluding hydrogens is 641 g/mol. The molecule has 6 nitrogen and oxygen atoms in total. The van der Waals surface area contributed by atoms with Crippen molar-refractivity contribution in [3.8, 4) is 51.2 Å². The molecule has 7 aromatic carbocycles. The summed E-state index contributed by atoms with van der Waals surface area (Å²) in [4.78, 5) is 16.3. The molecule has 1 N–H and O–H groups in total. The fourth-order valence-electron chi connectivity index (χ4n) is 7.54. The topological polar surface area (TPSA) is 93.0 Å². The number of aromatic nitrogens is 1. The summed E-state index contributed by atoms with van der Waals surface area (Å²) >= 11 is 0. The van der Waals surface area contributed by atoms with Gasteiger partial charge in [0.2, 0.25) is 0 Å². The van der Waals surface area contributed by atoms with Gasteiger partial charge in [-0.2, -0.15) is 10.5 Å². The van der Waals surface area contributed by atoms with Crippen LogP contribution in [-0.4, -0.2) is 15.6 Å². The summed E-state index contributed by atoms with van der Waals surface area (Å²) in [6, 6.07) is 55.3. The highest BCUT2D eigenvalue weighted by Gasteiger charge is 2.40. The maximum Gasteiger partial charge on any atom is 0.263 e. The molecule has 1 amide bonds. The van der Waals surface area contributed by atoms with Crippen LogP contribution in [0, 0.1) is 22.7 Å². The van der Waals surface area contributed by atoms with Gasteiger partial charge in [0.1, 0.15) is 0 Å². The van der Waals surface area contributed by atoms with Crippen molar-refractivity contribution in [1.29, 1.82) is 10.5 Å². The molecule has 0 saturated carbocycles. The van der Waals surface area contributed by atoms with Crippen LogP contribution in [0.15, 0.2) is 158 Å². The third kappa shape index (κ3) is 4.87. The molecule has 9 rings (SSSR count). The average Bonchev–Trinajstić information content (AvgIpc) is 3.67. The highest BCUT2D eigenvalue weighted by atomic mass is 16.3. The first-order valence-electron chi connectivity index (χ1n) is 16.9. The second-order valence-corrected chi connectivity index (χ2v) is 12.9. The molecular formula is C46H28N4O2. The lowest BCUT2D eigenvalue weighted by molar-refractivity contribution is 0.0935. The lowest BCUT2D eigenvalue weighted by atomic mass is 9.96. The molecule has 0 aliphatic carbocycles. The Labute approximate surface area is 299 Å². The Morgan fingerprint density at radius 3 is 1.88 bits per heavy atom. The number of aliphatic hydroxyl groups excluding tert-OH is 1. The van der Waals surface area contributed by atoms with E-state index in [-0.39, 0.29) is 5.91 Å². The van der Waals surface area contributed by atoms with Gasteiger partial charge in [-0.15, -0.1) is 0 Å². The minimum Gasteiger partial charge on any atom is -0.369 e. The molecule has 1 aromatic heterocycles. The van der Waals surface area contributed by atoms with Gasteiger partial charge in [0.05, 0.1) is 51.2 Å². The van der Waals surface area contributed by atoms with Crippen molar-refractivity contribution in [3.05, 3.63) is 180 Å². The van der Waals surface area contributed by atoms with E-state index in [1.54, 1.807) is 18.2 Å². The molecule has 0 fully saturated rings. The second-order valence-electron chi connectivity index (χ2n) is 12.9. The van der Waals surface area contributed by atoms with Crippen LogP contribution >= 0.6 is 0 Å². The molecule has 1 aliphatic heterocycles. The number of nitriles is 2. The first kappa shape index (κ1) is 30.8. The predicted octanol–water partition coefficient (Wildman–Crippen LogP) is 10.2. The Morgan fingerprint density at radius 1 is 0.519 bits per heavy atom. The van der Waals surface area contributed by atoms with Crippen molar-refractivity contribution in [2.24, 2.45) is 0 Å². The van der Waals surface area contributed by atoms with Crippen molar-refractivity contribution in [3.63, 3.8) is 0 Å². The number of benzene rings is 7. The number of hydrogen-bond acceptors (Lipinski definition) is 4. The molecule has 1 aliphatic rings. The number of carbonyl (C=O) groups is 1. The number of nitrogens with zero attached hydrogens (tertiary/aromatic N) is 4. The summed E-state index contributed by atoms with van der Waals surface area (Å²) in [5, 5.41) is 33.1. The molecule has 0 saturated heterocycles. The molecule has 0 bridgehead atoms. The Hall–Kier alpha value is -7.25. The summed E-state index contributed by atoms with van der Waals surface area (Å²) in [6.45, 7) is 0. The standard InChI is InChI=1S/C46H28N4O2/c47-27-29-22-30(28-48)24-35(23-29)34-19-21-42-39(26-34)36-14-7-8-16-40(36)49(42)43-17-9-15-37-44(43)46(52)50(45(37)51)41-20-18-33(31-10-3-1-4-11-31)25-38(41)32-12-5-2-6-13-32/h1-26,45,51H. The van der Waals surface area contributed by atoms with Crippen molar-refractivity contribution in [1.82, 2.24) is 4.57 Å². The van der Waals surface area contributed by atoms with E-state index in [0.29, 0.717) is 33.6 Å². The Kier molecular flexibility index (Phi) is 7.26. The van der Waals surface area contributed by atoms with E-state index in [9.17, 15) is 20.4 Å². The highest BCUT2D eigenvalue weighted by Crippen LogP contribution is 2.45. The van der Waals surface area contributed by atoms with Gasteiger partial charge >= 0.3 is 0 Å². The van der Waals surface area contributed by atoms with E-state index < -0.39 is 6.23 Å². The summed E-state index contributed by atoms with van der Waals surface area (Å²) in [5.41, 5.74) is 10.4. The fourth-order valence-corrected chi connectivity index (χ4v) is 7.54.